The number of benzene rings is 3. The maximum absolute atomic E-state index is 12.9. The van der Waals surface area contributed by atoms with Gasteiger partial charge < -0.3 is 9.72 Å². The molecule has 0 saturated heterocycles. The van der Waals surface area contributed by atoms with Crippen molar-refractivity contribution in [1.29, 1.82) is 0 Å². The first-order valence-corrected chi connectivity index (χ1v) is 10.2. The number of sulfonamides is 1. The lowest BCUT2D eigenvalue weighted by Crippen LogP contribution is -2.14. The van der Waals surface area contributed by atoms with E-state index in [1.807, 2.05) is 12.1 Å². The van der Waals surface area contributed by atoms with Crippen LogP contribution in [0.5, 0.6) is 5.75 Å². The Bertz CT molecular complexity index is 1380. The first-order chi connectivity index (χ1) is 13.4. The normalized spacial score (nSPS) is 11.6. The zero-order chi connectivity index (χ0) is 19.9. The molecule has 0 amide bonds. The van der Waals surface area contributed by atoms with E-state index >= 15 is 0 Å². The number of ether oxygens (including phenoxy) is 1. The highest BCUT2D eigenvalue weighted by molar-refractivity contribution is 7.92. The molecular weight excluding hydrogens is 400 g/mol. The predicted octanol–water partition coefficient (Wildman–Crippen LogP) is 4.14. The molecule has 0 saturated carbocycles. The number of hydrogen-bond donors (Lipinski definition) is 2. The SMILES string of the molecule is COc1ccc(Cl)cc1S(=O)(=O)Nc1ccc2[nH]c(=O)c3ccccc3c2c1. The zero-order valence-electron chi connectivity index (χ0n) is 14.7. The van der Waals surface area contributed by atoms with E-state index in [1.165, 1.54) is 19.2 Å². The molecule has 0 aliphatic carbocycles. The minimum absolute atomic E-state index is 0.0612. The molecule has 1 aromatic heterocycles. The zero-order valence-corrected chi connectivity index (χ0v) is 16.3. The molecule has 28 heavy (non-hydrogen) atoms. The highest BCUT2D eigenvalue weighted by atomic mass is 35.5. The van der Waals surface area contributed by atoms with Crippen molar-refractivity contribution in [3.8, 4) is 5.75 Å². The Morgan fingerprint density at radius 1 is 0.964 bits per heavy atom. The number of nitrogens with one attached hydrogen (secondary N) is 2. The van der Waals surface area contributed by atoms with E-state index in [9.17, 15) is 13.2 Å². The van der Waals surface area contributed by atoms with E-state index < -0.39 is 10.0 Å². The minimum atomic E-state index is -3.94. The van der Waals surface area contributed by atoms with Crippen LogP contribution in [-0.2, 0) is 10.0 Å². The fourth-order valence-corrected chi connectivity index (χ4v) is 4.60. The Morgan fingerprint density at radius 2 is 1.71 bits per heavy atom. The standard InChI is InChI=1S/C20H15ClN2O4S/c1-27-18-9-6-12(21)10-19(18)28(25,26)23-13-7-8-17-16(11-13)14-4-2-3-5-15(14)20(24)22-17/h2-11,23H,1H3,(H,22,24). The monoisotopic (exact) mass is 414 g/mol. The molecule has 8 heteroatoms. The Balaban J connectivity index is 1.84. The summed E-state index contributed by atoms with van der Waals surface area (Å²) in [6.45, 7) is 0. The van der Waals surface area contributed by atoms with Crippen LogP contribution in [0.4, 0.5) is 5.69 Å². The Morgan fingerprint density at radius 3 is 2.46 bits per heavy atom. The lowest BCUT2D eigenvalue weighted by molar-refractivity contribution is 0.403. The number of fused-ring (bicyclic) bond motifs is 3. The molecule has 142 valence electrons. The van der Waals surface area contributed by atoms with Gasteiger partial charge in [0.05, 0.1) is 7.11 Å². The number of aromatic amines is 1. The highest BCUT2D eigenvalue weighted by Crippen LogP contribution is 2.30. The van der Waals surface area contributed by atoms with Gasteiger partial charge in [0, 0.05) is 27.0 Å². The number of rotatable bonds is 4. The van der Waals surface area contributed by atoms with E-state index in [4.69, 9.17) is 16.3 Å². The average molecular weight is 415 g/mol. The molecule has 0 aliphatic rings. The first-order valence-electron chi connectivity index (χ1n) is 8.30. The number of hydrogen-bond acceptors (Lipinski definition) is 4. The molecule has 0 unspecified atom stereocenters. The van der Waals surface area contributed by atoms with Crippen molar-refractivity contribution in [1.82, 2.24) is 4.98 Å². The van der Waals surface area contributed by atoms with Crippen LogP contribution in [0.1, 0.15) is 0 Å². The van der Waals surface area contributed by atoms with Crippen LogP contribution in [0.25, 0.3) is 21.7 Å². The second-order valence-electron chi connectivity index (χ2n) is 6.16. The quantitative estimate of drug-likeness (QED) is 0.491. The van der Waals surface area contributed by atoms with Crippen molar-refractivity contribution >= 4 is 49.0 Å². The smallest absolute Gasteiger partial charge is 0.265 e. The number of aromatic nitrogens is 1. The summed E-state index contributed by atoms with van der Waals surface area (Å²) in [5, 5.41) is 2.28. The van der Waals surface area contributed by atoms with Gasteiger partial charge in [0.25, 0.3) is 15.6 Å². The molecule has 4 rings (SSSR count). The topological polar surface area (TPSA) is 88.3 Å². The second kappa shape index (κ2) is 6.85. The second-order valence-corrected chi connectivity index (χ2v) is 8.25. The fraction of sp³-hybridized carbons (Fsp3) is 0.0500. The van der Waals surface area contributed by atoms with Crippen molar-refractivity contribution in [3.63, 3.8) is 0 Å². The van der Waals surface area contributed by atoms with Crippen LogP contribution < -0.4 is 15.0 Å². The van der Waals surface area contributed by atoms with Crippen molar-refractivity contribution in [2.45, 2.75) is 4.90 Å². The van der Waals surface area contributed by atoms with E-state index in [0.29, 0.717) is 16.6 Å². The molecule has 6 nitrogen and oxygen atoms in total. The molecule has 3 aromatic carbocycles. The van der Waals surface area contributed by atoms with Crippen molar-refractivity contribution in [3.05, 3.63) is 76.0 Å². The van der Waals surface area contributed by atoms with Crippen molar-refractivity contribution in [2.24, 2.45) is 0 Å². The average Bonchev–Trinajstić information content (AvgIpc) is 2.68. The predicted molar refractivity (Wildman–Crippen MR) is 111 cm³/mol. The molecule has 4 aromatic rings. The van der Waals surface area contributed by atoms with Gasteiger partial charge in [-0.3, -0.25) is 9.52 Å². The summed E-state index contributed by atoms with van der Waals surface area (Å²) in [5.74, 6) is 0.187. The van der Waals surface area contributed by atoms with Crippen LogP contribution in [-0.4, -0.2) is 20.5 Å². The third kappa shape index (κ3) is 3.19. The van der Waals surface area contributed by atoms with Gasteiger partial charge in [-0.05, 0) is 47.9 Å². The van der Waals surface area contributed by atoms with Crippen LogP contribution in [0.15, 0.2) is 70.4 Å². The van der Waals surface area contributed by atoms with Crippen LogP contribution in [0.3, 0.4) is 0 Å². The number of H-pyrrole nitrogens is 1. The highest BCUT2D eigenvalue weighted by Gasteiger charge is 2.20. The number of methoxy groups -OCH3 is 1. The summed E-state index contributed by atoms with van der Waals surface area (Å²) < 4.78 is 33.5. The first kappa shape index (κ1) is 18.3. The largest absolute Gasteiger partial charge is 0.495 e. The maximum atomic E-state index is 12.9. The number of anilines is 1. The molecule has 0 atom stereocenters. The molecule has 0 spiro atoms. The molecule has 0 aliphatic heterocycles. The van der Waals surface area contributed by atoms with Crippen LogP contribution in [0, 0.1) is 0 Å². The number of pyridine rings is 1. The molecule has 1 heterocycles. The summed E-state index contributed by atoms with van der Waals surface area (Å²) in [7, 11) is -2.55. The van der Waals surface area contributed by atoms with Crippen LogP contribution >= 0.6 is 11.6 Å². The molecular formula is C20H15ClN2O4S. The van der Waals surface area contributed by atoms with Gasteiger partial charge in [-0.1, -0.05) is 29.8 Å². The van der Waals surface area contributed by atoms with Gasteiger partial charge in [0.15, 0.2) is 0 Å². The van der Waals surface area contributed by atoms with Crippen molar-refractivity contribution < 1.29 is 13.2 Å². The van der Waals surface area contributed by atoms with Crippen molar-refractivity contribution in [2.75, 3.05) is 11.8 Å². The van der Waals surface area contributed by atoms with Gasteiger partial charge in [0.2, 0.25) is 0 Å². The lowest BCUT2D eigenvalue weighted by atomic mass is 10.1. The minimum Gasteiger partial charge on any atom is -0.495 e. The summed E-state index contributed by atoms with van der Waals surface area (Å²) in [6, 6.07) is 16.5. The maximum Gasteiger partial charge on any atom is 0.265 e. The molecule has 0 fully saturated rings. The third-order valence-electron chi connectivity index (χ3n) is 4.40. The van der Waals surface area contributed by atoms with E-state index in [2.05, 4.69) is 9.71 Å². The molecule has 0 radical (unpaired) electrons. The molecule has 2 N–H and O–H groups in total. The van der Waals surface area contributed by atoms with E-state index in [0.717, 1.165) is 10.8 Å². The fourth-order valence-electron chi connectivity index (χ4n) is 3.12. The van der Waals surface area contributed by atoms with Gasteiger partial charge in [-0.25, -0.2) is 8.42 Å². The summed E-state index contributed by atoms with van der Waals surface area (Å²) in [5.41, 5.74) is 0.777. The Labute approximate surface area is 165 Å². The Kier molecular flexibility index (Phi) is 4.49. The summed E-state index contributed by atoms with van der Waals surface area (Å²) in [6.07, 6.45) is 0. The van der Waals surface area contributed by atoms with Gasteiger partial charge in [0.1, 0.15) is 10.6 Å². The molecule has 0 bridgehead atoms. The van der Waals surface area contributed by atoms with Crippen LogP contribution in [0.2, 0.25) is 5.02 Å². The van der Waals surface area contributed by atoms with Gasteiger partial charge in [-0.15, -0.1) is 0 Å². The number of halogens is 1. The third-order valence-corrected chi connectivity index (χ3v) is 6.03. The summed E-state index contributed by atoms with van der Waals surface area (Å²) in [4.78, 5) is 14.9. The Hall–Kier alpha value is -3.03. The van der Waals surface area contributed by atoms with E-state index in [1.54, 1.807) is 36.4 Å². The van der Waals surface area contributed by atoms with E-state index in [-0.39, 0.29) is 21.2 Å². The lowest BCUT2D eigenvalue weighted by Gasteiger charge is -2.13. The summed E-state index contributed by atoms with van der Waals surface area (Å²) >= 11 is 5.96. The van der Waals surface area contributed by atoms with Gasteiger partial charge >= 0.3 is 0 Å². The van der Waals surface area contributed by atoms with Gasteiger partial charge in [-0.2, -0.15) is 0 Å².